The Bertz CT molecular complexity index is 154. The molecule has 1 aliphatic heterocycles. The predicted octanol–water partition coefficient (Wildman–Crippen LogP) is 1.82. The fraction of sp³-hybridized carbons (Fsp3) is 1.00. The lowest BCUT2D eigenvalue weighted by Gasteiger charge is -2.27. The number of aliphatic hydroxyl groups is 1. The highest BCUT2D eigenvalue weighted by atomic mass is 19.3. The summed E-state index contributed by atoms with van der Waals surface area (Å²) in [7, 11) is 0. The molecule has 0 radical (unpaired) electrons. The molecule has 0 aliphatic carbocycles. The molecule has 0 aromatic rings. The van der Waals surface area contributed by atoms with Crippen LogP contribution in [0.4, 0.5) is 8.78 Å². The van der Waals surface area contributed by atoms with Crippen molar-refractivity contribution in [3.05, 3.63) is 0 Å². The number of aliphatic hydroxyl groups excluding tert-OH is 1. The molecular formula is C9H16F2O2. The first-order valence-corrected chi connectivity index (χ1v) is 4.66. The normalized spacial score (nSPS) is 27.2. The van der Waals surface area contributed by atoms with Crippen molar-refractivity contribution in [2.24, 2.45) is 5.92 Å². The minimum absolute atomic E-state index is 0.0988. The smallest absolute Gasteiger partial charge is 0.273 e. The van der Waals surface area contributed by atoms with Gasteiger partial charge in [0, 0.05) is 19.6 Å². The van der Waals surface area contributed by atoms with E-state index in [4.69, 9.17) is 9.84 Å². The second-order valence-corrected chi connectivity index (χ2v) is 3.72. The van der Waals surface area contributed by atoms with Crippen LogP contribution in [-0.4, -0.2) is 30.3 Å². The zero-order valence-electron chi connectivity index (χ0n) is 7.80. The molecule has 1 rings (SSSR count). The van der Waals surface area contributed by atoms with E-state index in [-0.39, 0.29) is 12.3 Å². The van der Waals surface area contributed by atoms with Crippen molar-refractivity contribution >= 4 is 0 Å². The Balaban J connectivity index is 2.37. The van der Waals surface area contributed by atoms with Crippen LogP contribution in [0.25, 0.3) is 0 Å². The van der Waals surface area contributed by atoms with Crippen LogP contribution in [0.3, 0.4) is 0 Å². The zero-order valence-corrected chi connectivity index (χ0v) is 7.80. The molecule has 2 atom stereocenters. The summed E-state index contributed by atoms with van der Waals surface area (Å²) in [5, 5.41) is 8.82. The molecule has 2 unspecified atom stereocenters. The molecule has 1 aliphatic rings. The van der Waals surface area contributed by atoms with Crippen LogP contribution < -0.4 is 0 Å². The third-order valence-electron chi connectivity index (χ3n) is 2.43. The molecule has 0 aromatic carbocycles. The Morgan fingerprint density at radius 1 is 1.62 bits per heavy atom. The first-order valence-electron chi connectivity index (χ1n) is 4.66. The maximum atomic E-state index is 13.0. The number of alkyl halides is 2. The lowest BCUT2D eigenvalue weighted by atomic mass is 9.93. The fourth-order valence-corrected chi connectivity index (χ4v) is 1.52. The van der Waals surface area contributed by atoms with Gasteiger partial charge in [-0.25, -0.2) is 8.78 Å². The van der Waals surface area contributed by atoms with Gasteiger partial charge in [-0.3, -0.25) is 0 Å². The summed E-state index contributed by atoms with van der Waals surface area (Å²) in [4.78, 5) is 0. The van der Waals surface area contributed by atoms with Gasteiger partial charge in [-0.2, -0.15) is 0 Å². The molecule has 0 spiro atoms. The second-order valence-electron chi connectivity index (χ2n) is 3.72. The molecule has 13 heavy (non-hydrogen) atoms. The zero-order chi connectivity index (χ0) is 9.90. The average molecular weight is 194 g/mol. The van der Waals surface area contributed by atoms with Crippen molar-refractivity contribution in [1.82, 2.24) is 0 Å². The molecule has 0 saturated carbocycles. The molecule has 1 saturated heterocycles. The van der Waals surface area contributed by atoms with E-state index in [2.05, 4.69) is 0 Å². The van der Waals surface area contributed by atoms with Gasteiger partial charge in [-0.05, 0) is 25.7 Å². The summed E-state index contributed by atoms with van der Waals surface area (Å²) in [6, 6.07) is 0. The van der Waals surface area contributed by atoms with Crippen LogP contribution >= 0.6 is 0 Å². The molecule has 78 valence electrons. The molecule has 1 fully saturated rings. The van der Waals surface area contributed by atoms with E-state index >= 15 is 0 Å². The van der Waals surface area contributed by atoms with Crippen molar-refractivity contribution in [1.29, 1.82) is 0 Å². The van der Waals surface area contributed by atoms with E-state index in [1.54, 1.807) is 0 Å². The molecule has 0 aromatic heterocycles. The molecule has 1 heterocycles. The SMILES string of the molecule is CC(O)C(F)(F)CC1CCCOC1. The Labute approximate surface area is 76.9 Å². The summed E-state index contributed by atoms with van der Waals surface area (Å²) in [5.41, 5.74) is 0. The number of rotatable bonds is 3. The molecule has 0 amide bonds. The maximum Gasteiger partial charge on any atom is 0.273 e. The first kappa shape index (κ1) is 10.9. The monoisotopic (exact) mass is 194 g/mol. The Morgan fingerprint density at radius 3 is 2.77 bits per heavy atom. The number of ether oxygens (including phenoxy) is 1. The summed E-state index contributed by atoms with van der Waals surface area (Å²) in [6.07, 6.45) is -0.192. The summed E-state index contributed by atoms with van der Waals surface area (Å²) in [5.74, 6) is -3.07. The molecule has 1 N–H and O–H groups in total. The summed E-state index contributed by atoms with van der Waals surface area (Å²) in [6.45, 7) is 2.21. The van der Waals surface area contributed by atoms with Gasteiger partial charge >= 0.3 is 0 Å². The van der Waals surface area contributed by atoms with Crippen LogP contribution in [0.2, 0.25) is 0 Å². The lowest BCUT2D eigenvalue weighted by Crippen LogP contribution is -2.35. The molecular weight excluding hydrogens is 178 g/mol. The van der Waals surface area contributed by atoms with Gasteiger partial charge < -0.3 is 9.84 Å². The van der Waals surface area contributed by atoms with E-state index in [1.165, 1.54) is 0 Å². The van der Waals surface area contributed by atoms with Gasteiger partial charge in [0.1, 0.15) is 6.10 Å². The highest BCUT2D eigenvalue weighted by molar-refractivity contribution is 4.78. The third kappa shape index (κ3) is 3.19. The first-order chi connectivity index (χ1) is 6.02. The highest BCUT2D eigenvalue weighted by Crippen LogP contribution is 2.30. The van der Waals surface area contributed by atoms with Gasteiger partial charge in [-0.15, -0.1) is 0 Å². The van der Waals surface area contributed by atoms with Crippen molar-refractivity contribution < 1.29 is 18.6 Å². The largest absolute Gasteiger partial charge is 0.387 e. The third-order valence-corrected chi connectivity index (χ3v) is 2.43. The van der Waals surface area contributed by atoms with Gasteiger partial charge in [0.15, 0.2) is 0 Å². The van der Waals surface area contributed by atoms with E-state index in [9.17, 15) is 8.78 Å². The summed E-state index contributed by atoms with van der Waals surface area (Å²) >= 11 is 0. The van der Waals surface area contributed by atoms with Gasteiger partial charge in [0.05, 0.1) is 0 Å². The summed E-state index contributed by atoms with van der Waals surface area (Å²) < 4.78 is 31.1. The lowest BCUT2D eigenvalue weighted by molar-refractivity contribution is -0.123. The highest BCUT2D eigenvalue weighted by Gasteiger charge is 2.38. The Hall–Kier alpha value is -0.220. The molecule has 4 heteroatoms. The van der Waals surface area contributed by atoms with Gasteiger partial charge in [0.2, 0.25) is 0 Å². The quantitative estimate of drug-likeness (QED) is 0.742. The van der Waals surface area contributed by atoms with Crippen LogP contribution in [0, 0.1) is 5.92 Å². The van der Waals surface area contributed by atoms with Crippen molar-refractivity contribution in [3.63, 3.8) is 0 Å². The number of halogens is 2. The number of hydrogen-bond donors (Lipinski definition) is 1. The van der Waals surface area contributed by atoms with Crippen LogP contribution in [0.15, 0.2) is 0 Å². The van der Waals surface area contributed by atoms with E-state index in [1.807, 2.05) is 0 Å². The minimum atomic E-state index is -2.97. The number of hydrogen-bond acceptors (Lipinski definition) is 2. The van der Waals surface area contributed by atoms with Crippen molar-refractivity contribution in [3.8, 4) is 0 Å². The van der Waals surface area contributed by atoms with Crippen LogP contribution in [0.5, 0.6) is 0 Å². The second kappa shape index (κ2) is 4.33. The predicted molar refractivity (Wildman–Crippen MR) is 44.8 cm³/mol. The van der Waals surface area contributed by atoms with E-state index < -0.39 is 12.0 Å². The van der Waals surface area contributed by atoms with Crippen LogP contribution in [-0.2, 0) is 4.74 Å². The van der Waals surface area contributed by atoms with Crippen LogP contribution in [0.1, 0.15) is 26.2 Å². The molecule has 0 bridgehead atoms. The topological polar surface area (TPSA) is 29.5 Å². The Kier molecular flexibility index (Phi) is 3.62. The standard InChI is InChI=1S/C9H16F2O2/c1-7(12)9(10,11)5-8-3-2-4-13-6-8/h7-8,12H,2-6H2,1H3. The van der Waals surface area contributed by atoms with Gasteiger partial charge in [0.25, 0.3) is 5.92 Å². The maximum absolute atomic E-state index is 13.0. The van der Waals surface area contributed by atoms with Crippen molar-refractivity contribution in [2.75, 3.05) is 13.2 Å². The fourth-order valence-electron chi connectivity index (χ4n) is 1.52. The van der Waals surface area contributed by atoms with Gasteiger partial charge in [-0.1, -0.05) is 0 Å². The van der Waals surface area contributed by atoms with E-state index in [0.29, 0.717) is 13.2 Å². The Morgan fingerprint density at radius 2 is 2.31 bits per heavy atom. The van der Waals surface area contributed by atoms with E-state index in [0.717, 1.165) is 19.8 Å². The average Bonchev–Trinajstić information content (AvgIpc) is 2.05. The minimum Gasteiger partial charge on any atom is -0.387 e. The molecule has 2 nitrogen and oxygen atoms in total. The van der Waals surface area contributed by atoms with Crippen molar-refractivity contribution in [2.45, 2.75) is 38.2 Å².